The summed E-state index contributed by atoms with van der Waals surface area (Å²) < 4.78 is 0. The maximum atomic E-state index is 11.5. The number of carboxylic acids is 1. The summed E-state index contributed by atoms with van der Waals surface area (Å²) in [5.41, 5.74) is 0. The van der Waals surface area contributed by atoms with Gasteiger partial charge in [-0.25, -0.2) is 0 Å². The number of aliphatic carboxylic acids is 1. The lowest BCUT2D eigenvalue weighted by molar-refractivity contribution is -0.137. The molecule has 0 saturated carbocycles. The van der Waals surface area contributed by atoms with Gasteiger partial charge in [-0.3, -0.25) is 9.59 Å². The summed E-state index contributed by atoms with van der Waals surface area (Å²) in [5.74, 6) is -0.722. The van der Waals surface area contributed by atoms with Crippen molar-refractivity contribution in [1.82, 2.24) is 4.90 Å². The first-order valence-corrected chi connectivity index (χ1v) is 13.5. The Morgan fingerprint density at radius 2 is 1.18 bits per heavy atom. The van der Waals surface area contributed by atoms with Crippen molar-refractivity contribution in [1.29, 1.82) is 0 Å². The van der Waals surface area contributed by atoms with Gasteiger partial charge >= 0.3 is 5.97 Å². The van der Waals surface area contributed by atoms with Crippen LogP contribution in [-0.2, 0) is 9.59 Å². The summed E-state index contributed by atoms with van der Waals surface area (Å²) in [6.07, 6.45) is 26.2. The molecule has 1 amide bonds. The van der Waals surface area contributed by atoms with E-state index in [1.807, 2.05) is 19.1 Å². The van der Waals surface area contributed by atoms with Crippen molar-refractivity contribution >= 4 is 11.9 Å². The Labute approximate surface area is 209 Å². The molecule has 0 unspecified atom stereocenters. The van der Waals surface area contributed by atoms with Gasteiger partial charge in [0.2, 0.25) is 5.91 Å². The number of carbonyl (C=O) groups excluding carboxylic acids is 1. The Balaban J connectivity index is 0. The molecule has 0 spiro atoms. The molecule has 34 heavy (non-hydrogen) atoms. The quantitative estimate of drug-likeness (QED) is 0.125. The lowest BCUT2D eigenvalue weighted by atomic mass is 10.1. The first kappa shape index (κ1) is 34.5. The molecular formula is C28H53NO5. The predicted molar refractivity (Wildman–Crippen MR) is 142 cm³/mol. The lowest BCUT2D eigenvalue weighted by Crippen LogP contribution is -2.35. The zero-order valence-electron chi connectivity index (χ0n) is 22.1. The highest BCUT2D eigenvalue weighted by atomic mass is 16.4. The molecule has 0 aromatic heterocycles. The van der Waals surface area contributed by atoms with Gasteiger partial charge in [0, 0.05) is 25.9 Å². The fourth-order valence-electron chi connectivity index (χ4n) is 3.43. The second-order valence-corrected chi connectivity index (χ2v) is 8.64. The molecule has 0 aliphatic heterocycles. The third-order valence-corrected chi connectivity index (χ3v) is 5.44. The van der Waals surface area contributed by atoms with Crippen LogP contribution in [0.2, 0.25) is 0 Å². The van der Waals surface area contributed by atoms with Crippen LogP contribution in [0, 0.1) is 0 Å². The highest BCUT2D eigenvalue weighted by Gasteiger charge is 2.09. The third kappa shape index (κ3) is 28.4. The SMILES string of the molecule is CC/C=C\CC(=O)N(CCO)CCO.CCCCCCCC/C=C\CCCCCCCC(=O)O. The van der Waals surface area contributed by atoms with Gasteiger partial charge < -0.3 is 20.2 Å². The molecule has 0 aliphatic carbocycles. The van der Waals surface area contributed by atoms with Gasteiger partial charge in [-0.05, 0) is 38.5 Å². The monoisotopic (exact) mass is 483 g/mol. The average Bonchev–Trinajstić information content (AvgIpc) is 2.81. The third-order valence-electron chi connectivity index (χ3n) is 5.44. The van der Waals surface area contributed by atoms with Gasteiger partial charge in [0.05, 0.1) is 13.2 Å². The molecule has 0 radical (unpaired) electrons. The van der Waals surface area contributed by atoms with E-state index < -0.39 is 5.97 Å². The number of hydrogen-bond donors (Lipinski definition) is 3. The first-order chi connectivity index (χ1) is 16.5. The number of aliphatic hydroxyl groups excluding tert-OH is 2. The van der Waals surface area contributed by atoms with E-state index in [2.05, 4.69) is 19.1 Å². The van der Waals surface area contributed by atoms with Crippen molar-refractivity contribution in [3.8, 4) is 0 Å². The van der Waals surface area contributed by atoms with E-state index in [-0.39, 0.29) is 19.1 Å². The Morgan fingerprint density at radius 3 is 1.65 bits per heavy atom. The second-order valence-electron chi connectivity index (χ2n) is 8.64. The van der Waals surface area contributed by atoms with Crippen molar-refractivity contribution in [2.75, 3.05) is 26.3 Å². The lowest BCUT2D eigenvalue weighted by Gasteiger charge is -2.19. The molecule has 0 aromatic rings. The molecule has 0 rings (SSSR count). The van der Waals surface area contributed by atoms with Crippen molar-refractivity contribution in [2.24, 2.45) is 0 Å². The Bertz CT molecular complexity index is 499. The van der Waals surface area contributed by atoms with E-state index in [1.54, 1.807) is 0 Å². The van der Waals surface area contributed by atoms with Crippen LogP contribution < -0.4 is 0 Å². The highest BCUT2D eigenvalue weighted by molar-refractivity contribution is 5.77. The summed E-state index contributed by atoms with van der Waals surface area (Å²) in [6, 6.07) is 0. The summed E-state index contributed by atoms with van der Waals surface area (Å²) in [7, 11) is 0. The van der Waals surface area contributed by atoms with Crippen LogP contribution in [0.25, 0.3) is 0 Å². The number of allylic oxidation sites excluding steroid dienone is 3. The van der Waals surface area contributed by atoms with Gasteiger partial charge in [0.25, 0.3) is 0 Å². The zero-order chi connectivity index (χ0) is 25.7. The highest BCUT2D eigenvalue weighted by Crippen LogP contribution is 2.09. The number of nitrogens with zero attached hydrogens (tertiary/aromatic N) is 1. The number of carboxylic acid groups (broad SMARTS) is 1. The molecule has 0 bridgehead atoms. The molecule has 6 heteroatoms. The topological polar surface area (TPSA) is 98.1 Å². The van der Waals surface area contributed by atoms with Crippen LogP contribution in [0.15, 0.2) is 24.3 Å². The molecule has 0 atom stereocenters. The van der Waals surface area contributed by atoms with Crippen LogP contribution in [0.3, 0.4) is 0 Å². The van der Waals surface area contributed by atoms with Crippen LogP contribution >= 0.6 is 0 Å². The summed E-state index contributed by atoms with van der Waals surface area (Å²) >= 11 is 0. The molecule has 0 aliphatic rings. The molecular weight excluding hydrogens is 430 g/mol. The standard InChI is InChI=1S/C18H34O2.C10H19NO3/c1-2-3-4-5-6-7-8-9-10-11-12-13-14-15-16-17-18(19)20;1-2-3-4-5-10(14)11(6-8-12)7-9-13/h9-10H,2-8,11-17H2,1H3,(H,19,20);3-4,12-13H,2,5-9H2,1H3/b10-9-;4-3-. The normalized spacial score (nSPS) is 11.1. The molecule has 0 fully saturated rings. The number of unbranched alkanes of at least 4 members (excludes halogenated alkanes) is 11. The minimum atomic E-state index is -0.664. The van der Waals surface area contributed by atoms with Gasteiger partial charge in [-0.1, -0.05) is 89.5 Å². The van der Waals surface area contributed by atoms with Gasteiger partial charge in [0.15, 0.2) is 0 Å². The molecule has 0 heterocycles. The van der Waals surface area contributed by atoms with Crippen LogP contribution in [0.4, 0.5) is 0 Å². The minimum Gasteiger partial charge on any atom is -0.481 e. The van der Waals surface area contributed by atoms with Gasteiger partial charge in [0.1, 0.15) is 0 Å². The molecule has 3 N–H and O–H groups in total. The van der Waals surface area contributed by atoms with E-state index in [0.29, 0.717) is 25.9 Å². The summed E-state index contributed by atoms with van der Waals surface area (Å²) in [5, 5.41) is 25.9. The Hall–Kier alpha value is -1.66. The van der Waals surface area contributed by atoms with Crippen molar-refractivity contribution in [3.05, 3.63) is 24.3 Å². The van der Waals surface area contributed by atoms with Gasteiger partial charge in [-0.15, -0.1) is 0 Å². The fourth-order valence-corrected chi connectivity index (χ4v) is 3.43. The van der Waals surface area contributed by atoms with Crippen LogP contribution in [0.5, 0.6) is 0 Å². The van der Waals surface area contributed by atoms with Crippen molar-refractivity contribution in [2.45, 2.75) is 117 Å². The maximum absolute atomic E-state index is 11.5. The van der Waals surface area contributed by atoms with E-state index in [4.69, 9.17) is 15.3 Å². The number of carbonyl (C=O) groups is 2. The van der Waals surface area contributed by atoms with Crippen LogP contribution in [0.1, 0.15) is 117 Å². The van der Waals surface area contributed by atoms with E-state index in [0.717, 1.165) is 19.3 Å². The molecule has 200 valence electrons. The molecule has 0 aromatic carbocycles. The first-order valence-electron chi connectivity index (χ1n) is 13.5. The maximum Gasteiger partial charge on any atom is 0.303 e. The summed E-state index contributed by atoms with van der Waals surface area (Å²) in [4.78, 5) is 23.2. The van der Waals surface area contributed by atoms with Crippen molar-refractivity contribution < 1.29 is 24.9 Å². The average molecular weight is 484 g/mol. The number of rotatable bonds is 22. The van der Waals surface area contributed by atoms with Crippen molar-refractivity contribution in [3.63, 3.8) is 0 Å². The number of aliphatic hydroxyl groups is 2. The largest absolute Gasteiger partial charge is 0.481 e. The van der Waals surface area contributed by atoms with E-state index >= 15 is 0 Å². The predicted octanol–water partition coefficient (Wildman–Crippen LogP) is 6.26. The smallest absolute Gasteiger partial charge is 0.303 e. The summed E-state index contributed by atoms with van der Waals surface area (Å²) in [6.45, 7) is 4.71. The number of amides is 1. The minimum absolute atomic E-state index is 0.0576. The zero-order valence-corrected chi connectivity index (χ0v) is 22.1. The van der Waals surface area contributed by atoms with Gasteiger partial charge in [-0.2, -0.15) is 0 Å². The Kier molecular flexibility index (Phi) is 29.8. The molecule has 0 saturated heterocycles. The second kappa shape index (κ2) is 29.4. The molecule has 6 nitrogen and oxygen atoms in total. The Morgan fingerprint density at radius 1 is 0.676 bits per heavy atom. The van der Waals surface area contributed by atoms with Crippen LogP contribution in [-0.4, -0.2) is 58.4 Å². The fraction of sp³-hybridized carbons (Fsp3) is 0.786. The van der Waals surface area contributed by atoms with E-state index in [1.165, 1.54) is 75.5 Å². The van der Waals surface area contributed by atoms with E-state index in [9.17, 15) is 9.59 Å². The number of hydrogen-bond acceptors (Lipinski definition) is 4.